The lowest BCUT2D eigenvalue weighted by Gasteiger charge is -2.35. The summed E-state index contributed by atoms with van der Waals surface area (Å²) in [5, 5.41) is 4.40. The third-order valence-corrected chi connectivity index (χ3v) is 5.40. The Morgan fingerprint density at radius 1 is 1.03 bits per heavy atom. The van der Waals surface area contributed by atoms with Gasteiger partial charge >= 0.3 is 0 Å². The molecule has 31 heavy (non-hydrogen) atoms. The van der Waals surface area contributed by atoms with E-state index in [9.17, 15) is 13.6 Å². The van der Waals surface area contributed by atoms with Crippen molar-refractivity contribution in [1.29, 1.82) is 0 Å². The molecule has 2 heterocycles. The molecule has 1 saturated heterocycles. The second kappa shape index (κ2) is 9.26. The van der Waals surface area contributed by atoms with Crippen molar-refractivity contribution in [2.75, 3.05) is 49.5 Å². The van der Waals surface area contributed by atoms with Gasteiger partial charge in [-0.1, -0.05) is 18.2 Å². The maximum Gasteiger partial charge on any atom is 0.227 e. The lowest BCUT2D eigenvalue weighted by Crippen LogP contribution is -2.49. The SMILES string of the molecule is NCCNc1cc(N2CCN(C(=O)Cc3cc(F)cc(F)c3)CC2)nc2ccccc12. The summed E-state index contributed by atoms with van der Waals surface area (Å²) < 4.78 is 26.8. The molecule has 1 aromatic heterocycles. The van der Waals surface area contributed by atoms with Gasteiger partial charge in [0.15, 0.2) is 0 Å². The van der Waals surface area contributed by atoms with Gasteiger partial charge in [0.25, 0.3) is 0 Å². The first kappa shape index (κ1) is 21.0. The van der Waals surface area contributed by atoms with Gasteiger partial charge in [0, 0.05) is 62.5 Å². The van der Waals surface area contributed by atoms with E-state index >= 15 is 0 Å². The molecular weight excluding hydrogens is 400 g/mol. The Kier molecular flexibility index (Phi) is 6.27. The normalized spacial score (nSPS) is 14.2. The zero-order valence-electron chi connectivity index (χ0n) is 17.2. The minimum absolute atomic E-state index is 0.0178. The van der Waals surface area contributed by atoms with Crippen molar-refractivity contribution >= 4 is 28.3 Å². The number of anilines is 2. The third kappa shape index (κ3) is 4.91. The molecule has 4 rings (SSSR count). The van der Waals surface area contributed by atoms with E-state index in [0.717, 1.165) is 28.5 Å². The van der Waals surface area contributed by atoms with E-state index in [1.54, 1.807) is 4.90 Å². The number of piperazine rings is 1. The molecule has 0 bridgehead atoms. The minimum Gasteiger partial charge on any atom is -0.383 e. The molecule has 0 radical (unpaired) electrons. The summed E-state index contributed by atoms with van der Waals surface area (Å²) in [7, 11) is 0. The topological polar surface area (TPSA) is 74.5 Å². The Morgan fingerprint density at radius 3 is 2.45 bits per heavy atom. The van der Waals surface area contributed by atoms with Crippen LogP contribution in [0.4, 0.5) is 20.3 Å². The predicted molar refractivity (Wildman–Crippen MR) is 118 cm³/mol. The van der Waals surface area contributed by atoms with Crippen LogP contribution in [0.5, 0.6) is 0 Å². The Balaban J connectivity index is 1.44. The lowest BCUT2D eigenvalue weighted by atomic mass is 10.1. The molecule has 0 atom stereocenters. The van der Waals surface area contributed by atoms with Crippen molar-refractivity contribution < 1.29 is 13.6 Å². The van der Waals surface area contributed by atoms with Crippen molar-refractivity contribution in [3.63, 3.8) is 0 Å². The molecule has 3 aromatic rings. The molecule has 162 valence electrons. The fourth-order valence-electron chi connectivity index (χ4n) is 3.86. The van der Waals surface area contributed by atoms with Crippen molar-refractivity contribution in [3.8, 4) is 0 Å². The maximum atomic E-state index is 13.4. The number of nitrogens with zero attached hydrogens (tertiary/aromatic N) is 3. The van der Waals surface area contributed by atoms with Crippen LogP contribution in [0.3, 0.4) is 0 Å². The molecule has 1 aliphatic rings. The highest BCUT2D eigenvalue weighted by Gasteiger charge is 2.23. The van der Waals surface area contributed by atoms with Gasteiger partial charge in [0.1, 0.15) is 17.5 Å². The van der Waals surface area contributed by atoms with E-state index in [2.05, 4.69) is 10.2 Å². The van der Waals surface area contributed by atoms with Crippen molar-refractivity contribution in [3.05, 3.63) is 65.7 Å². The lowest BCUT2D eigenvalue weighted by molar-refractivity contribution is -0.130. The van der Waals surface area contributed by atoms with Crippen LogP contribution < -0.4 is 16.0 Å². The second-order valence-corrected chi connectivity index (χ2v) is 7.58. The number of halogens is 2. The van der Waals surface area contributed by atoms with E-state index in [4.69, 9.17) is 10.7 Å². The van der Waals surface area contributed by atoms with Crippen molar-refractivity contribution in [2.24, 2.45) is 5.73 Å². The quantitative estimate of drug-likeness (QED) is 0.635. The van der Waals surface area contributed by atoms with Crippen LogP contribution in [0.1, 0.15) is 5.56 Å². The first-order valence-electron chi connectivity index (χ1n) is 10.3. The summed E-state index contributed by atoms with van der Waals surface area (Å²) in [6.07, 6.45) is -0.0178. The number of amides is 1. The average Bonchev–Trinajstić information content (AvgIpc) is 2.76. The number of para-hydroxylation sites is 1. The number of nitrogens with two attached hydrogens (primary N) is 1. The van der Waals surface area contributed by atoms with Crippen molar-refractivity contribution in [2.45, 2.75) is 6.42 Å². The molecule has 1 fully saturated rings. The molecule has 1 aliphatic heterocycles. The fraction of sp³-hybridized carbons (Fsp3) is 0.304. The maximum absolute atomic E-state index is 13.4. The van der Waals surface area contributed by atoms with Crippen LogP contribution >= 0.6 is 0 Å². The third-order valence-electron chi connectivity index (χ3n) is 5.40. The monoisotopic (exact) mass is 425 g/mol. The number of fused-ring (bicyclic) bond motifs is 1. The summed E-state index contributed by atoms with van der Waals surface area (Å²) >= 11 is 0. The molecule has 6 nitrogen and oxygen atoms in total. The summed E-state index contributed by atoms with van der Waals surface area (Å²) in [4.78, 5) is 21.3. The molecular formula is C23H25F2N5O. The molecule has 0 spiro atoms. The number of nitrogens with one attached hydrogen (secondary N) is 1. The highest BCUT2D eigenvalue weighted by Crippen LogP contribution is 2.27. The average molecular weight is 425 g/mol. The largest absolute Gasteiger partial charge is 0.383 e. The standard InChI is InChI=1S/C23H25F2N5O/c24-17-11-16(12-18(25)14-17)13-23(31)30-9-7-29(8-10-30)22-15-21(27-6-5-26)19-3-1-2-4-20(19)28-22/h1-4,11-12,14-15H,5-10,13,26H2,(H,27,28). The fourth-order valence-corrected chi connectivity index (χ4v) is 3.86. The van der Waals surface area contributed by atoms with Gasteiger partial charge in [0.2, 0.25) is 5.91 Å². The van der Waals surface area contributed by atoms with Gasteiger partial charge in [-0.2, -0.15) is 0 Å². The van der Waals surface area contributed by atoms with E-state index in [1.807, 2.05) is 30.3 Å². The van der Waals surface area contributed by atoms with E-state index < -0.39 is 11.6 Å². The zero-order chi connectivity index (χ0) is 21.8. The minimum atomic E-state index is -0.672. The highest BCUT2D eigenvalue weighted by atomic mass is 19.1. The van der Waals surface area contributed by atoms with E-state index in [-0.39, 0.29) is 12.3 Å². The van der Waals surface area contributed by atoms with Gasteiger partial charge in [-0.15, -0.1) is 0 Å². The number of carbonyl (C=O) groups excluding carboxylic acids is 1. The van der Waals surface area contributed by atoms with Crippen LogP contribution in [0.15, 0.2) is 48.5 Å². The molecule has 0 aliphatic carbocycles. The predicted octanol–water partition coefficient (Wildman–Crippen LogP) is 2.77. The first-order chi connectivity index (χ1) is 15.0. The zero-order valence-corrected chi connectivity index (χ0v) is 17.2. The van der Waals surface area contributed by atoms with Gasteiger partial charge < -0.3 is 20.9 Å². The smallest absolute Gasteiger partial charge is 0.227 e. The van der Waals surface area contributed by atoms with Crippen LogP contribution in [0.2, 0.25) is 0 Å². The van der Waals surface area contributed by atoms with Gasteiger partial charge in [-0.05, 0) is 23.8 Å². The number of pyridine rings is 1. The molecule has 0 saturated carbocycles. The number of hydrogen-bond acceptors (Lipinski definition) is 5. The Morgan fingerprint density at radius 2 is 1.74 bits per heavy atom. The van der Waals surface area contributed by atoms with Crippen molar-refractivity contribution in [1.82, 2.24) is 9.88 Å². The molecule has 3 N–H and O–H groups in total. The van der Waals surface area contributed by atoms with Gasteiger partial charge in [-0.3, -0.25) is 4.79 Å². The van der Waals surface area contributed by atoms with Gasteiger partial charge in [-0.25, -0.2) is 13.8 Å². The molecule has 2 aromatic carbocycles. The Labute approximate surface area is 179 Å². The number of hydrogen-bond donors (Lipinski definition) is 2. The van der Waals surface area contributed by atoms with Gasteiger partial charge in [0.05, 0.1) is 11.9 Å². The highest BCUT2D eigenvalue weighted by molar-refractivity contribution is 5.93. The molecule has 1 amide bonds. The summed E-state index contributed by atoms with van der Waals surface area (Å²) in [6, 6.07) is 13.2. The summed E-state index contributed by atoms with van der Waals surface area (Å²) in [6.45, 7) is 3.50. The van der Waals surface area contributed by atoms with E-state index in [0.29, 0.717) is 44.8 Å². The number of aromatic nitrogens is 1. The number of rotatable bonds is 6. The summed E-state index contributed by atoms with van der Waals surface area (Å²) in [5.74, 6) is -0.637. The summed E-state index contributed by atoms with van der Waals surface area (Å²) in [5.41, 5.74) is 7.87. The second-order valence-electron chi connectivity index (χ2n) is 7.58. The number of carbonyl (C=O) groups is 1. The Hall–Kier alpha value is -3.26. The Bertz CT molecular complexity index is 1060. The molecule has 0 unspecified atom stereocenters. The van der Waals surface area contributed by atoms with E-state index in [1.165, 1.54) is 12.1 Å². The van der Waals surface area contributed by atoms with Crippen LogP contribution in [-0.4, -0.2) is 55.1 Å². The number of benzene rings is 2. The first-order valence-corrected chi connectivity index (χ1v) is 10.3. The van der Waals surface area contributed by atoms with Crippen LogP contribution in [-0.2, 0) is 11.2 Å². The molecule has 8 heteroatoms. The van der Waals surface area contributed by atoms with Crippen LogP contribution in [0.25, 0.3) is 10.9 Å². The van der Waals surface area contributed by atoms with Crippen LogP contribution in [0, 0.1) is 11.6 Å².